The molecule has 1 heterocycles. The largest absolute Gasteiger partial charge is 0.396 e. The van der Waals surface area contributed by atoms with Crippen molar-refractivity contribution in [2.24, 2.45) is 11.8 Å². The summed E-state index contributed by atoms with van der Waals surface area (Å²) in [5.74, 6) is 8.15. The van der Waals surface area contributed by atoms with Gasteiger partial charge in [0.2, 0.25) is 0 Å². The molecule has 0 unspecified atom stereocenters. The number of imidazole rings is 1. The number of aromatic nitrogens is 2. The number of nitrogens with zero attached hydrogens (tertiary/aromatic N) is 2. The van der Waals surface area contributed by atoms with Gasteiger partial charge in [-0.05, 0) is 49.7 Å². The fourth-order valence-corrected chi connectivity index (χ4v) is 3.51. The number of aliphatic hydroxyl groups is 2. The van der Waals surface area contributed by atoms with Crippen molar-refractivity contribution in [2.45, 2.75) is 38.6 Å². The summed E-state index contributed by atoms with van der Waals surface area (Å²) in [4.78, 5) is 4.54. The summed E-state index contributed by atoms with van der Waals surface area (Å²) in [6.45, 7) is 1.42. The van der Waals surface area contributed by atoms with Crippen LogP contribution in [0.2, 0.25) is 0 Å². The van der Waals surface area contributed by atoms with Crippen molar-refractivity contribution in [1.82, 2.24) is 9.55 Å². The third kappa shape index (κ3) is 4.72. The van der Waals surface area contributed by atoms with E-state index in [1.54, 1.807) is 0 Å². The van der Waals surface area contributed by atoms with E-state index in [2.05, 4.69) is 39.7 Å². The number of hydrogen-bond acceptors (Lipinski definition) is 3. The number of hydrogen-bond donors (Lipinski definition) is 2. The second-order valence-corrected chi connectivity index (χ2v) is 6.83. The summed E-state index contributed by atoms with van der Waals surface area (Å²) in [6, 6.07) is 8.13. The van der Waals surface area contributed by atoms with Crippen LogP contribution >= 0.6 is 0 Å². The predicted octanol–water partition coefficient (Wildman–Crippen LogP) is 3.08. The molecule has 1 aliphatic rings. The van der Waals surface area contributed by atoms with Gasteiger partial charge in [0, 0.05) is 43.1 Å². The molecule has 0 bridgehead atoms. The second kappa shape index (κ2) is 8.84. The molecule has 25 heavy (non-hydrogen) atoms. The van der Waals surface area contributed by atoms with E-state index in [0.717, 1.165) is 36.3 Å². The lowest BCUT2D eigenvalue weighted by Gasteiger charge is -2.27. The van der Waals surface area contributed by atoms with Crippen LogP contribution in [0.4, 0.5) is 0 Å². The average molecular weight is 338 g/mol. The highest BCUT2D eigenvalue weighted by atomic mass is 16.3. The summed E-state index contributed by atoms with van der Waals surface area (Å²) >= 11 is 0. The Hall–Kier alpha value is -2.09. The first kappa shape index (κ1) is 17.7. The first-order valence-electron chi connectivity index (χ1n) is 9.12. The Kier molecular flexibility index (Phi) is 6.27. The van der Waals surface area contributed by atoms with Crippen LogP contribution in [0.1, 0.15) is 37.7 Å². The zero-order valence-corrected chi connectivity index (χ0v) is 14.6. The van der Waals surface area contributed by atoms with E-state index in [0.29, 0.717) is 24.9 Å². The first-order valence-corrected chi connectivity index (χ1v) is 9.12. The van der Waals surface area contributed by atoms with Crippen molar-refractivity contribution >= 4 is 0 Å². The molecule has 0 aliphatic heterocycles. The molecule has 132 valence electrons. The molecule has 1 aromatic carbocycles. The van der Waals surface area contributed by atoms with E-state index in [-0.39, 0.29) is 6.61 Å². The van der Waals surface area contributed by atoms with Crippen LogP contribution in [0.25, 0.3) is 11.4 Å². The highest BCUT2D eigenvalue weighted by Gasteiger charge is 2.21. The van der Waals surface area contributed by atoms with Gasteiger partial charge in [-0.25, -0.2) is 4.98 Å². The lowest BCUT2D eigenvalue weighted by Crippen LogP contribution is -2.20. The molecule has 0 radical (unpaired) electrons. The lowest BCUT2D eigenvalue weighted by atomic mass is 9.82. The molecule has 0 atom stereocenters. The van der Waals surface area contributed by atoms with Crippen molar-refractivity contribution in [3.63, 3.8) is 0 Å². The molecule has 1 aliphatic carbocycles. The maximum absolute atomic E-state index is 9.28. The van der Waals surface area contributed by atoms with Gasteiger partial charge in [-0.1, -0.05) is 24.0 Å². The lowest BCUT2D eigenvalue weighted by molar-refractivity contribution is 0.161. The average Bonchev–Trinajstić information content (AvgIpc) is 3.11. The van der Waals surface area contributed by atoms with Crippen molar-refractivity contribution < 1.29 is 10.2 Å². The Labute approximate surface area is 149 Å². The van der Waals surface area contributed by atoms with Gasteiger partial charge in [-0.15, -0.1) is 0 Å². The van der Waals surface area contributed by atoms with Crippen LogP contribution in [-0.4, -0.2) is 33.0 Å². The Bertz CT molecular complexity index is 716. The minimum absolute atomic E-state index is 0.0999. The SMILES string of the molecule is OCCC#Cc1ccc(-c2nccn2CC2CCC(CO)CC2)cc1. The zero-order valence-electron chi connectivity index (χ0n) is 14.6. The minimum Gasteiger partial charge on any atom is -0.396 e. The van der Waals surface area contributed by atoms with Crippen molar-refractivity contribution in [3.8, 4) is 23.2 Å². The number of rotatable bonds is 5. The quantitative estimate of drug-likeness (QED) is 0.824. The maximum Gasteiger partial charge on any atom is 0.139 e. The van der Waals surface area contributed by atoms with Gasteiger partial charge in [0.25, 0.3) is 0 Å². The molecule has 1 saturated carbocycles. The van der Waals surface area contributed by atoms with Crippen LogP contribution in [0.5, 0.6) is 0 Å². The fourth-order valence-electron chi connectivity index (χ4n) is 3.51. The Morgan fingerprint density at radius 2 is 1.76 bits per heavy atom. The van der Waals surface area contributed by atoms with Crippen LogP contribution in [0, 0.1) is 23.7 Å². The highest BCUT2D eigenvalue weighted by Crippen LogP contribution is 2.30. The van der Waals surface area contributed by atoms with Crippen LogP contribution < -0.4 is 0 Å². The monoisotopic (exact) mass is 338 g/mol. The molecule has 0 spiro atoms. The molecular weight excluding hydrogens is 312 g/mol. The molecule has 2 N–H and O–H groups in total. The van der Waals surface area contributed by atoms with E-state index in [9.17, 15) is 5.11 Å². The van der Waals surface area contributed by atoms with Gasteiger partial charge in [0.1, 0.15) is 5.82 Å². The molecule has 2 aromatic rings. The van der Waals surface area contributed by atoms with Crippen molar-refractivity contribution in [2.75, 3.05) is 13.2 Å². The van der Waals surface area contributed by atoms with Gasteiger partial charge in [-0.3, -0.25) is 0 Å². The van der Waals surface area contributed by atoms with Gasteiger partial charge in [0.15, 0.2) is 0 Å². The third-order valence-electron chi connectivity index (χ3n) is 5.01. The Morgan fingerprint density at radius 3 is 2.44 bits per heavy atom. The first-order chi connectivity index (χ1) is 12.3. The Morgan fingerprint density at radius 1 is 1.04 bits per heavy atom. The summed E-state index contributed by atoms with van der Waals surface area (Å²) in [5.41, 5.74) is 2.05. The molecule has 1 aromatic heterocycles. The summed E-state index contributed by atoms with van der Waals surface area (Å²) in [7, 11) is 0. The van der Waals surface area contributed by atoms with Crippen LogP contribution in [-0.2, 0) is 6.54 Å². The predicted molar refractivity (Wildman–Crippen MR) is 98.8 cm³/mol. The molecule has 3 rings (SSSR count). The smallest absolute Gasteiger partial charge is 0.139 e. The summed E-state index contributed by atoms with van der Waals surface area (Å²) in [5, 5.41) is 18.1. The van der Waals surface area contributed by atoms with E-state index in [4.69, 9.17) is 5.11 Å². The summed E-state index contributed by atoms with van der Waals surface area (Å²) in [6.07, 6.45) is 9.06. The molecule has 1 fully saturated rings. The van der Waals surface area contributed by atoms with Crippen LogP contribution in [0.3, 0.4) is 0 Å². The van der Waals surface area contributed by atoms with Crippen molar-refractivity contribution in [1.29, 1.82) is 0 Å². The molecule has 4 heteroatoms. The number of aliphatic hydroxyl groups excluding tert-OH is 2. The zero-order chi connectivity index (χ0) is 17.5. The van der Waals surface area contributed by atoms with Gasteiger partial charge < -0.3 is 14.8 Å². The maximum atomic E-state index is 9.28. The van der Waals surface area contributed by atoms with Crippen LogP contribution in [0.15, 0.2) is 36.7 Å². The van der Waals surface area contributed by atoms with Crippen molar-refractivity contribution in [3.05, 3.63) is 42.2 Å². The van der Waals surface area contributed by atoms with E-state index in [1.165, 1.54) is 12.8 Å². The Balaban J connectivity index is 1.66. The standard InChI is InChI=1S/C21H26N2O2/c24-14-2-1-3-17-8-10-20(11-9-17)21-22-12-13-23(21)15-18-4-6-19(16-25)7-5-18/h8-13,18-19,24-25H,2,4-7,14-16H2. The van der Waals surface area contributed by atoms with Gasteiger partial charge >= 0.3 is 0 Å². The molecule has 0 amide bonds. The van der Waals surface area contributed by atoms with Gasteiger partial charge in [-0.2, -0.15) is 0 Å². The van der Waals surface area contributed by atoms with Gasteiger partial charge in [0.05, 0.1) is 6.61 Å². The topological polar surface area (TPSA) is 58.3 Å². The molecular formula is C21H26N2O2. The summed E-state index contributed by atoms with van der Waals surface area (Å²) < 4.78 is 2.25. The number of benzene rings is 1. The molecule has 4 nitrogen and oxygen atoms in total. The minimum atomic E-state index is 0.0999. The highest BCUT2D eigenvalue weighted by molar-refractivity contribution is 5.57. The van der Waals surface area contributed by atoms with E-state index < -0.39 is 0 Å². The second-order valence-electron chi connectivity index (χ2n) is 6.83. The third-order valence-corrected chi connectivity index (χ3v) is 5.01. The van der Waals surface area contributed by atoms with E-state index in [1.807, 2.05) is 18.3 Å². The normalized spacial score (nSPS) is 20.1. The van der Waals surface area contributed by atoms with E-state index >= 15 is 0 Å². The fraction of sp³-hybridized carbons (Fsp3) is 0.476. The molecule has 0 saturated heterocycles.